The summed E-state index contributed by atoms with van der Waals surface area (Å²) in [6, 6.07) is 23.3. The van der Waals surface area contributed by atoms with Gasteiger partial charge in [0, 0.05) is 110 Å². The minimum Gasteiger partial charge on any atom is -0.492 e. The number of ether oxygens (including phenoxy) is 5. The van der Waals surface area contributed by atoms with Gasteiger partial charge in [-0.15, -0.1) is 0 Å². The van der Waals surface area contributed by atoms with Gasteiger partial charge >= 0.3 is 11.9 Å². The third kappa shape index (κ3) is 28.7. The molecule has 25 nitrogen and oxygen atoms in total. The first-order valence-electron chi connectivity index (χ1n) is 35.6. The zero-order chi connectivity index (χ0) is 79.5. The quantitative estimate of drug-likeness (QED) is 0.0120. The highest BCUT2D eigenvalue weighted by molar-refractivity contribution is 6.31. The number of likely N-dealkylation sites (N-methyl/N-ethyl adjacent to an activating group) is 3. The highest BCUT2D eigenvalue weighted by Gasteiger charge is 2.18. The monoisotopic (exact) mass is 1570 g/mol. The van der Waals surface area contributed by atoms with E-state index >= 15 is 0 Å². The Labute approximate surface area is 652 Å². The molecule has 0 aliphatic rings. The van der Waals surface area contributed by atoms with Gasteiger partial charge in [0.25, 0.3) is 0 Å². The summed E-state index contributed by atoms with van der Waals surface area (Å²) >= 11 is 17.7. The lowest BCUT2D eigenvalue weighted by atomic mass is 10.1. The normalized spacial score (nSPS) is 11.3. The molecule has 0 saturated carbocycles. The first-order valence-corrected chi connectivity index (χ1v) is 36.7. The van der Waals surface area contributed by atoms with Crippen molar-refractivity contribution in [3.8, 4) is 17.2 Å². The summed E-state index contributed by atoms with van der Waals surface area (Å²) in [5, 5.41) is 19.9. The second kappa shape index (κ2) is 45.3. The maximum Gasteiger partial charge on any atom is 0.302 e. The van der Waals surface area contributed by atoms with Gasteiger partial charge in [-0.2, -0.15) is 0 Å². The second-order valence-electron chi connectivity index (χ2n) is 24.7. The van der Waals surface area contributed by atoms with Crippen molar-refractivity contribution in [2.45, 2.75) is 80.1 Å². The van der Waals surface area contributed by atoms with Gasteiger partial charge < -0.3 is 70.3 Å². The van der Waals surface area contributed by atoms with Crippen LogP contribution in [0.25, 0.3) is 32.7 Å². The Kier molecular flexibility index (Phi) is 35.6. The molecule has 0 unspecified atom stereocenters. The van der Waals surface area contributed by atoms with Crippen molar-refractivity contribution >= 4 is 149 Å². The Bertz CT molecular complexity index is 4700. The summed E-state index contributed by atoms with van der Waals surface area (Å²) < 4.78 is 67.7. The number of esters is 2. The molecular weight excluding hydrogens is 1480 g/mol. The first kappa shape index (κ1) is 86.5. The number of nitrogens with zero attached hydrogens (tertiary/aromatic N) is 9. The molecule has 0 spiro atoms. The van der Waals surface area contributed by atoms with E-state index in [0.29, 0.717) is 167 Å². The predicted octanol–water partition coefficient (Wildman–Crippen LogP) is 16.5. The topological polar surface area (TPSA) is 291 Å². The highest BCUT2D eigenvalue weighted by Crippen LogP contribution is 2.38. The number of rotatable bonds is 37. The van der Waals surface area contributed by atoms with Crippen LogP contribution in [0.1, 0.15) is 80.1 Å². The van der Waals surface area contributed by atoms with Crippen LogP contribution in [0.4, 0.5) is 64.7 Å². The molecule has 0 radical (unpaired) electrons. The molecule has 6 N–H and O–H groups in total. The van der Waals surface area contributed by atoms with Crippen LogP contribution in [0.5, 0.6) is 17.2 Å². The molecule has 0 bridgehead atoms. The number of benzene rings is 6. The Balaban J connectivity index is 0.000000230. The van der Waals surface area contributed by atoms with E-state index in [1.54, 1.807) is 66.7 Å². The molecule has 9 rings (SSSR count). The van der Waals surface area contributed by atoms with E-state index in [1.165, 1.54) is 100 Å². The number of hydrogen-bond donors (Lipinski definition) is 6. The predicted molar refractivity (Wildman–Crippen MR) is 429 cm³/mol. The molecule has 9 aromatic rings. The molecule has 584 valence electrons. The van der Waals surface area contributed by atoms with Crippen LogP contribution >= 0.6 is 34.8 Å². The van der Waals surface area contributed by atoms with E-state index in [-0.39, 0.29) is 44.7 Å². The summed E-state index contributed by atoms with van der Waals surface area (Å²) in [5.74, 6) is -0.169. The van der Waals surface area contributed by atoms with Crippen LogP contribution in [-0.2, 0) is 33.4 Å². The van der Waals surface area contributed by atoms with Crippen molar-refractivity contribution in [2.24, 2.45) is 0 Å². The molecular formula is C79H91Cl3F3N15O10. The Morgan fingerprint density at radius 1 is 0.418 bits per heavy atom. The van der Waals surface area contributed by atoms with Gasteiger partial charge in [-0.1, -0.05) is 72.8 Å². The maximum absolute atomic E-state index is 13.6. The number of carbonyl (C=O) groups is 5. The average Bonchev–Trinajstić information content (AvgIpc) is 0.802. The standard InChI is InChI=1S/C27H31ClFN5O4.C26H29ClFN5O4.C26H31ClFN5O2/c1-4-37-25-16-23-20(27(31-17-30-23)32-19-9-10-22(29)21(28)14-19)15-24(25)33-26(36)8-7-12-34(3)11-5-6-13-38-18(2)35;1-4-36-24-15-22-19(26(30-16-29-22)31-18-8-9-21(28)20(27)13-18)14-23(24)32-25(35)7-5-10-33(3)11-6-12-37-17(2)34;1-4-6-7-12-33(3)13-8-9-25(34)32-23-15-19-22(16-24(23)35-5-2)29-17-30-26(19)31-18-10-11-21(28)20(27)14-18/h7-10,14-17H,4-6,11-13H2,1-3H3,(H,33,36)(H,30,31,32);5,7-9,13-16H,4,6,10-12H2,1-3H3,(H,32,35)(H,29,30,31);8-11,14-17H,4-7,12-13H2,1-3H3,(H,32,34)(H,29,30,31)/b8-7+;7-5+;9-8+. The van der Waals surface area contributed by atoms with Crippen LogP contribution in [0.2, 0.25) is 15.1 Å². The molecule has 0 fully saturated rings. The van der Waals surface area contributed by atoms with Crippen molar-refractivity contribution in [1.82, 2.24) is 44.6 Å². The minimum absolute atomic E-state index is 0.00254. The third-order valence-corrected chi connectivity index (χ3v) is 16.7. The summed E-state index contributed by atoms with van der Waals surface area (Å²) in [7, 11) is 5.90. The molecule has 0 saturated heterocycles. The lowest BCUT2D eigenvalue weighted by molar-refractivity contribution is -0.142. The number of nitrogens with one attached hydrogen (secondary N) is 6. The number of aromatic nitrogens is 6. The van der Waals surface area contributed by atoms with Crippen molar-refractivity contribution < 1.29 is 60.8 Å². The van der Waals surface area contributed by atoms with Crippen LogP contribution < -0.4 is 46.1 Å². The molecule has 0 atom stereocenters. The first-order chi connectivity index (χ1) is 52.9. The maximum atomic E-state index is 13.6. The van der Waals surface area contributed by atoms with Gasteiger partial charge in [-0.25, -0.2) is 43.1 Å². The largest absolute Gasteiger partial charge is 0.492 e. The van der Waals surface area contributed by atoms with Gasteiger partial charge in [0.1, 0.15) is 71.1 Å². The van der Waals surface area contributed by atoms with Gasteiger partial charge in [0.05, 0.1) is 81.7 Å². The fourth-order valence-electron chi connectivity index (χ4n) is 10.5. The van der Waals surface area contributed by atoms with Crippen LogP contribution in [0.3, 0.4) is 0 Å². The number of hydrogen-bond acceptors (Lipinski definition) is 22. The second-order valence-corrected chi connectivity index (χ2v) is 26.0. The van der Waals surface area contributed by atoms with E-state index in [9.17, 15) is 37.1 Å². The molecule has 110 heavy (non-hydrogen) atoms. The summed E-state index contributed by atoms with van der Waals surface area (Å²) in [6.45, 7) is 16.8. The Morgan fingerprint density at radius 2 is 0.727 bits per heavy atom. The number of fused-ring (bicyclic) bond motifs is 3. The molecule has 31 heteroatoms. The van der Waals surface area contributed by atoms with Crippen molar-refractivity contribution in [3.63, 3.8) is 0 Å². The number of anilines is 9. The van der Waals surface area contributed by atoms with Gasteiger partial charge in [0.15, 0.2) is 0 Å². The van der Waals surface area contributed by atoms with Gasteiger partial charge in [-0.3, -0.25) is 24.0 Å². The summed E-state index contributed by atoms with van der Waals surface area (Å²) in [4.78, 5) is 91.7. The van der Waals surface area contributed by atoms with Crippen LogP contribution in [0.15, 0.2) is 146 Å². The van der Waals surface area contributed by atoms with Crippen LogP contribution in [0, 0.1) is 17.5 Å². The van der Waals surface area contributed by atoms with E-state index in [1.807, 2.05) is 52.9 Å². The smallest absolute Gasteiger partial charge is 0.302 e. The molecule has 0 aliphatic heterocycles. The van der Waals surface area contributed by atoms with Crippen molar-refractivity contribution in [1.29, 1.82) is 0 Å². The molecule has 6 aromatic carbocycles. The zero-order valence-corrected chi connectivity index (χ0v) is 65.0. The molecule has 3 heterocycles. The van der Waals surface area contributed by atoms with Crippen molar-refractivity contribution in [2.75, 3.05) is 125 Å². The fraction of sp³-hybridized carbons (Fsp3) is 0.329. The lowest BCUT2D eigenvalue weighted by Gasteiger charge is -2.15. The number of unbranched alkanes of at least 4 members (excludes halogenated alkanes) is 3. The highest BCUT2D eigenvalue weighted by atomic mass is 35.5. The molecule has 3 aromatic heterocycles. The summed E-state index contributed by atoms with van der Waals surface area (Å²) in [5.41, 5.74) is 4.90. The van der Waals surface area contributed by atoms with E-state index in [2.05, 4.69) is 78.5 Å². The Morgan fingerprint density at radius 3 is 1.03 bits per heavy atom. The number of carbonyl (C=O) groups excluding carboxylic acids is 5. The number of amides is 3. The van der Waals surface area contributed by atoms with E-state index in [4.69, 9.17) is 58.5 Å². The van der Waals surface area contributed by atoms with Gasteiger partial charge in [-0.05, 0) is 153 Å². The summed E-state index contributed by atoms with van der Waals surface area (Å²) in [6.07, 6.45) is 19.9. The SMILES string of the molecule is CCCCCN(C)C/C=C/C(=O)Nc1cc2c(Nc3ccc(F)c(Cl)c3)ncnc2cc1OCC.CCOc1cc2ncnc(Nc3ccc(F)c(Cl)c3)c2cc1NC(=O)/C=C/CN(C)CCCCOC(C)=O.CCOc1cc2ncnc(Nc3ccc(F)c(Cl)c3)c2cc1NC(=O)/C=C/CN(C)CCCOC(C)=O. The third-order valence-electron chi connectivity index (χ3n) is 15.9. The zero-order valence-electron chi connectivity index (χ0n) is 62.8. The molecule has 3 amide bonds. The van der Waals surface area contributed by atoms with E-state index in [0.717, 1.165) is 32.4 Å². The lowest BCUT2D eigenvalue weighted by Crippen LogP contribution is -2.21. The number of halogens is 6. The average molecular weight is 1570 g/mol. The van der Waals surface area contributed by atoms with Gasteiger partial charge in [0.2, 0.25) is 17.7 Å². The van der Waals surface area contributed by atoms with Crippen molar-refractivity contribution in [3.05, 3.63) is 179 Å². The molecule has 0 aliphatic carbocycles. The van der Waals surface area contributed by atoms with Crippen LogP contribution in [-0.4, -0.2) is 168 Å². The minimum atomic E-state index is -0.521. The fourth-order valence-corrected chi connectivity index (χ4v) is 11.0. The Hall–Kier alpha value is -10.8. The van der Waals surface area contributed by atoms with E-state index < -0.39 is 17.5 Å².